The minimum Gasteiger partial charge on any atom is -0.495 e. The predicted octanol–water partition coefficient (Wildman–Crippen LogP) is 4.87. The number of hydrogen-bond acceptors (Lipinski definition) is 3. The molecule has 1 heterocycles. The van der Waals surface area contributed by atoms with E-state index in [1.165, 1.54) is 0 Å². The second kappa shape index (κ2) is 6.12. The van der Waals surface area contributed by atoms with E-state index in [0.717, 1.165) is 29.0 Å². The van der Waals surface area contributed by atoms with E-state index < -0.39 is 5.97 Å². The van der Waals surface area contributed by atoms with E-state index in [1.54, 1.807) is 19.2 Å². The molecular formula is C20H18ClNO3. The monoisotopic (exact) mass is 355 g/mol. The molecular weight excluding hydrogens is 338 g/mol. The first-order chi connectivity index (χ1) is 12.1. The van der Waals surface area contributed by atoms with Crippen LogP contribution in [0.3, 0.4) is 0 Å². The molecule has 1 aliphatic heterocycles. The summed E-state index contributed by atoms with van der Waals surface area (Å²) in [5.41, 5.74) is 3.01. The van der Waals surface area contributed by atoms with Crippen LogP contribution in [0.4, 0.5) is 5.69 Å². The van der Waals surface area contributed by atoms with Crippen molar-refractivity contribution in [1.29, 1.82) is 0 Å². The number of benzene rings is 2. The number of ether oxygens (including phenoxy) is 1. The molecule has 0 saturated carbocycles. The average Bonchev–Trinajstić information content (AvgIpc) is 3.10. The molecule has 4 nitrogen and oxygen atoms in total. The van der Waals surface area contributed by atoms with Crippen LogP contribution in [0.15, 0.2) is 48.6 Å². The van der Waals surface area contributed by atoms with E-state index in [-0.39, 0.29) is 17.9 Å². The standard InChI is InChI=1S/C20H18ClNO3/c1-25-16-10-9-15(21)17-11-7-4-8-12(11)18(22-19(16)17)13-5-2-3-6-14(13)20(23)24/h2-7,9-12,18,22H,8H2,1H3,(H,23,24)/t11-,12+,18+/m1/s1. The molecule has 0 aromatic heterocycles. The van der Waals surface area contributed by atoms with Crippen molar-refractivity contribution >= 4 is 23.3 Å². The van der Waals surface area contributed by atoms with E-state index in [0.29, 0.717) is 10.6 Å². The van der Waals surface area contributed by atoms with Gasteiger partial charge in [-0.15, -0.1) is 0 Å². The predicted molar refractivity (Wildman–Crippen MR) is 97.8 cm³/mol. The molecule has 5 heteroatoms. The molecule has 3 atom stereocenters. The van der Waals surface area contributed by atoms with Crippen LogP contribution in [-0.2, 0) is 0 Å². The van der Waals surface area contributed by atoms with Crippen LogP contribution in [0.1, 0.15) is 39.9 Å². The summed E-state index contributed by atoms with van der Waals surface area (Å²) in [7, 11) is 1.63. The third-order valence-corrected chi connectivity index (χ3v) is 5.50. The van der Waals surface area contributed by atoms with Gasteiger partial charge in [0.15, 0.2) is 0 Å². The zero-order chi connectivity index (χ0) is 17.6. The third-order valence-electron chi connectivity index (χ3n) is 5.17. The van der Waals surface area contributed by atoms with Crippen molar-refractivity contribution in [2.45, 2.75) is 18.4 Å². The topological polar surface area (TPSA) is 58.6 Å². The van der Waals surface area contributed by atoms with Crippen molar-refractivity contribution in [2.24, 2.45) is 5.92 Å². The number of hydrogen-bond donors (Lipinski definition) is 2. The molecule has 0 spiro atoms. The Bertz CT molecular complexity index is 877. The summed E-state index contributed by atoms with van der Waals surface area (Å²) >= 11 is 6.49. The van der Waals surface area contributed by atoms with Gasteiger partial charge >= 0.3 is 5.97 Å². The van der Waals surface area contributed by atoms with Crippen LogP contribution in [-0.4, -0.2) is 18.2 Å². The highest BCUT2D eigenvalue weighted by Crippen LogP contribution is 2.54. The van der Waals surface area contributed by atoms with Gasteiger partial charge in [0.1, 0.15) is 5.75 Å². The number of carboxylic acids is 1. The Balaban J connectivity index is 1.89. The Hall–Kier alpha value is -2.46. The van der Waals surface area contributed by atoms with Gasteiger partial charge in [-0.05, 0) is 36.1 Å². The molecule has 2 N–H and O–H groups in total. The van der Waals surface area contributed by atoms with Crippen molar-refractivity contribution in [3.8, 4) is 5.75 Å². The lowest BCUT2D eigenvalue weighted by Gasteiger charge is -2.39. The van der Waals surface area contributed by atoms with Gasteiger partial charge in [0.05, 0.1) is 24.4 Å². The molecule has 25 heavy (non-hydrogen) atoms. The van der Waals surface area contributed by atoms with Gasteiger partial charge in [0.2, 0.25) is 0 Å². The summed E-state index contributed by atoms with van der Waals surface area (Å²) in [5.74, 6) is 0.169. The molecule has 0 bridgehead atoms. The number of methoxy groups -OCH3 is 1. The Kier molecular flexibility index (Phi) is 3.92. The minimum absolute atomic E-state index is 0.118. The van der Waals surface area contributed by atoms with Gasteiger partial charge in [-0.2, -0.15) is 0 Å². The molecule has 0 unspecified atom stereocenters. The Morgan fingerprint density at radius 3 is 2.84 bits per heavy atom. The van der Waals surface area contributed by atoms with Gasteiger partial charge in [0, 0.05) is 16.5 Å². The quantitative estimate of drug-likeness (QED) is 0.771. The summed E-state index contributed by atoms with van der Waals surface area (Å²) in [6.07, 6.45) is 5.20. The summed E-state index contributed by atoms with van der Waals surface area (Å²) in [5, 5.41) is 13.8. The smallest absolute Gasteiger partial charge is 0.336 e. The van der Waals surface area contributed by atoms with E-state index in [2.05, 4.69) is 17.5 Å². The largest absolute Gasteiger partial charge is 0.495 e. The first-order valence-corrected chi connectivity index (χ1v) is 8.61. The van der Waals surface area contributed by atoms with Crippen LogP contribution >= 0.6 is 11.6 Å². The fourth-order valence-electron chi connectivity index (χ4n) is 4.08. The number of nitrogens with one attached hydrogen (secondary N) is 1. The van der Waals surface area contributed by atoms with Crippen LogP contribution in [0.5, 0.6) is 5.75 Å². The number of carbonyl (C=O) groups is 1. The highest BCUT2D eigenvalue weighted by Gasteiger charge is 2.41. The van der Waals surface area contributed by atoms with Crippen molar-refractivity contribution in [2.75, 3.05) is 12.4 Å². The van der Waals surface area contributed by atoms with E-state index in [1.807, 2.05) is 24.3 Å². The van der Waals surface area contributed by atoms with Crippen molar-refractivity contribution in [3.63, 3.8) is 0 Å². The molecule has 2 aromatic carbocycles. The third kappa shape index (κ3) is 2.48. The van der Waals surface area contributed by atoms with Crippen molar-refractivity contribution < 1.29 is 14.6 Å². The van der Waals surface area contributed by atoms with Gasteiger partial charge in [-0.3, -0.25) is 0 Å². The van der Waals surface area contributed by atoms with Gasteiger partial charge in [-0.1, -0.05) is 42.0 Å². The number of carboxylic acid groups (broad SMARTS) is 1. The van der Waals surface area contributed by atoms with Crippen LogP contribution in [0.2, 0.25) is 5.02 Å². The molecule has 0 radical (unpaired) electrons. The van der Waals surface area contributed by atoms with E-state index >= 15 is 0 Å². The first-order valence-electron chi connectivity index (χ1n) is 8.23. The molecule has 128 valence electrons. The summed E-state index contributed by atoms with van der Waals surface area (Å²) in [6.45, 7) is 0. The second-order valence-corrected chi connectivity index (χ2v) is 6.81. The molecule has 1 aliphatic carbocycles. The number of rotatable bonds is 3. The summed E-state index contributed by atoms with van der Waals surface area (Å²) in [4.78, 5) is 11.7. The molecule has 2 aromatic rings. The number of halogens is 1. The first kappa shape index (κ1) is 16.0. The Morgan fingerprint density at radius 2 is 2.08 bits per heavy atom. The second-order valence-electron chi connectivity index (χ2n) is 6.41. The number of aromatic carboxylic acids is 1. The molecule has 0 amide bonds. The lowest BCUT2D eigenvalue weighted by Crippen LogP contribution is -2.30. The molecule has 2 aliphatic rings. The van der Waals surface area contributed by atoms with Gasteiger partial charge in [-0.25, -0.2) is 4.79 Å². The molecule has 4 rings (SSSR count). The zero-order valence-corrected chi connectivity index (χ0v) is 14.5. The van der Waals surface area contributed by atoms with Crippen molar-refractivity contribution in [3.05, 3.63) is 70.3 Å². The molecule has 0 saturated heterocycles. The molecule has 0 fully saturated rings. The summed E-state index contributed by atoms with van der Waals surface area (Å²) in [6, 6.07) is 10.8. The average molecular weight is 356 g/mol. The maximum atomic E-state index is 11.7. The summed E-state index contributed by atoms with van der Waals surface area (Å²) < 4.78 is 5.52. The lowest BCUT2D eigenvalue weighted by atomic mass is 9.76. The lowest BCUT2D eigenvalue weighted by molar-refractivity contribution is 0.0694. The normalized spacial score (nSPS) is 23.5. The maximum absolute atomic E-state index is 11.7. The highest BCUT2D eigenvalue weighted by atomic mass is 35.5. The van der Waals surface area contributed by atoms with E-state index in [4.69, 9.17) is 16.3 Å². The number of fused-ring (bicyclic) bond motifs is 3. The Morgan fingerprint density at radius 1 is 1.28 bits per heavy atom. The van der Waals surface area contributed by atoms with E-state index in [9.17, 15) is 9.90 Å². The Labute approximate surface area is 151 Å². The number of anilines is 1. The fraction of sp³-hybridized carbons (Fsp3) is 0.250. The van der Waals surface area contributed by atoms with Crippen LogP contribution in [0, 0.1) is 5.92 Å². The number of allylic oxidation sites excluding steroid dienone is 2. The van der Waals surface area contributed by atoms with Crippen LogP contribution < -0.4 is 10.1 Å². The highest BCUT2D eigenvalue weighted by molar-refractivity contribution is 6.32. The maximum Gasteiger partial charge on any atom is 0.336 e. The zero-order valence-electron chi connectivity index (χ0n) is 13.7. The SMILES string of the molecule is COc1ccc(Cl)c2c1N[C@H](c1ccccc1C(=O)O)[C@H]1CC=C[C@@H]21. The van der Waals surface area contributed by atoms with Crippen molar-refractivity contribution in [1.82, 2.24) is 0 Å². The minimum atomic E-state index is -0.913. The van der Waals surface area contributed by atoms with Crippen LogP contribution in [0.25, 0.3) is 0 Å². The van der Waals surface area contributed by atoms with Gasteiger partial charge in [0.25, 0.3) is 0 Å². The van der Waals surface area contributed by atoms with Gasteiger partial charge < -0.3 is 15.2 Å². The fourth-order valence-corrected chi connectivity index (χ4v) is 4.36.